The molecule has 1 aliphatic rings. The summed E-state index contributed by atoms with van der Waals surface area (Å²) in [5.74, 6) is -0.0877. The van der Waals surface area contributed by atoms with Crippen molar-refractivity contribution in [3.05, 3.63) is 121 Å². The van der Waals surface area contributed by atoms with Gasteiger partial charge in [-0.2, -0.15) is 0 Å². The minimum atomic E-state index is -0.847. The second-order valence-corrected chi connectivity index (χ2v) is 11.5. The van der Waals surface area contributed by atoms with E-state index in [1.165, 1.54) is 6.08 Å². The number of anilines is 1. The molecule has 8 nitrogen and oxygen atoms in total. The molecular formula is C33H25Cl2IN2O6. The van der Waals surface area contributed by atoms with Gasteiger partial charge in [0.1, 0.15) is 24.5 Å². The second-order valence-electron chi connectivity index (χ2n) is 9.51. The molecule has 44 heavy (non-hydrogen) atoms. The van der Waals surface area contributed by atoms with Gasteiger partial charge in [-0.3, -0.25) is 14.9 Å². The van der Waals surface area contributed by atoms with Gasteiger partial charge in [0.2, 0.25) is 0 Å². The van der Waals surface area contributed by atoms with Crippen LogP contribution in [0.3, 0.4) is 0 Å². The molecule has 4 aromatic rings. The van der Waals surface area contributed by atoms with Gasteiger partial charge < -0.3 is 14.2 Å². The second kappa shape index (κ2) is 14.1. The Labute approximate surface area is 277 Å². The molecule has 0 aromatic heterocycles. The molecule has 1 N–H and O–H groups in total. The van der Waals surface area contributed by atoms with E-state index in [-0.39, 0.29) is 17.9 Å². The molecule has 0 radical (unpaired) electrons. The van der Waals surface area contributed by atoms with E-state index in [1.54, 1.807) is 54.6 Å². The molecule has 0 atom stereocenters. The Balaban J connectivity index is 1.36. The highest BCUT2D eigenvalue weighted by Gasteiger charge is 2.37. The lowest BCUT2D eigenvalue weighted by atomic mass is 10.1. The number of halogens is 3. The van der Waals surface area contributed by atoms with Crippen LogP contribution in [0.2, 0.25) is 10.0 Å². The maximum absolute atomic E-state index is 13.5. The third kappa shape index (κ3) is 7.35. The fourth-order valence-electron chi connectivity index (χ4n) is 4.34. The summed E-state index contributed by atoms with van der Waals surface area (Å²) in [6.45, 7) is 2.73. The number of urea groups is 1. The van der Waals surface area contributed by atoms with Gasteiger partial charge in [-0.05, 0) is 101 Å². The number of carbonyl (C=O) groups excluding carboxylic acids is 3. The highest BCUT2D eigenvalue weighted by atomic mass is 127. The standard InChI is InChI=1S/C33H25Cl2IN2O6/c1-2-42-29-17-21(16-28(36)30(29)44-19-22-5-3-4-6-27(22)35)15-26-31(39)37-33(41)38(32(26)40)24-11-13-25(14-12-24)43-18-20-7-9-23(34)10-8-20/h3-17H,2,18-19H2,1H3,(H,37,39,41)/b26-15+. The third-order valence-corrected chi connectivity index (χ3v) is 7.91. The Morgan fingerprint density at radius 3 is 2.30 bits per heavy atom. The molecule has 0 aliphatic carbocycles. The van der Waals surface area contributed by atoms with Crippen molar-refractivity contribution in [2.24, 2.45) is 0 Å². The molecule has 1 saturated heterocycles. The summed E-state index contributed by atoms with van der Waals surface area (Å²) in [5.41, 5.74) is 2.32. The normalized spacial score (nSPS) is 14.0. The predicted molar refractivity (Wildman–Crippen MR) is 177 cm³/mol. The number of amides is 4. The number of benzene rings is 4. The fourth-order valence-corrected chi connectivity index (χ4v) is 5.43. The van der Waals surface area contributed by atoms with Crippen molar-refractivity contribution in [3.8, 4) is 17.2 Å². The van der Waals surface area contributed by atoms with Crippen LogP contribution < -0.4 is 24.4 Å². The minimum Gasteiger partial charge on any atom is -0.490 e. The summed E-state index contributed by atoms with van der Waals surface area (Å²) in [6, 6.07) is 23.7. The van der Waals surface area contributed by atoms with E-state index in [1.807, 2.05) is 37.3 Å². The van der Waals surface area contributed by atoms with E-state index < -0.39 is 17.8 Å². The van der Waals surface area contributed by atoms with Crippen molar-refractivity contribution in [2.45, 2.75) is 20.1 Å². The number of barbiturate groups is 1. The number of nitrogens with one attached hydrogen (secondary N) is 1. The van der Waals surface area contributed by atoms with Crippen molar-refractivity contribution in [2.75, 3.05) is 11.5 Å². The van der Waals surface area contributed by atoms with E-state index in [4.69, 9.17) is 37.4 Å². The third-order valence-electron chi connectivity index (χ3n) is 6.49. The monoisotopic (exact) mass is 742 g/mol. The van der Waals surface area contributed by atoms with Gasteiger partial charge >= 0.3 is 6.03 Å². The Morgan fingerprint density at radius 1 is 0.864 bits per heavy atom. The van der Waals surface area contributed by atoms with Gasteiger partial charge in [0, 0.05) is 15.6 Å². The molecule has 224 valence electrons. The minimum absolute atomic E-state index is 0.212. The first-order chi connectivity index (χ1) is 21.2. The van der Waals surface area contributed by atoms with Crippen LogP contribution in [0.5, 0.6) is 17.2 Å². The Morgan fingerprint density at radius 2 is 1.59 bits per heavy atom. The molecule has 11 heteroatoms. The van der Waals surface area contributed by atoms with Gasteiger partial charge in [0.25, 0.3) is 11.8 Å². The summed E-state index contributed by atoms with van der Waals surface area (Å²) in [6.07, 6.45) is 1.42. The van der Waals surface area contributed by atoms with Gasteiger partial charge in [-0.1, -0.05) is 53.5 Å². The van der Waals surface area contributed by atoms with Gasteiger partial charge in [0.15, 0.2) is 11.5 Å². The zero-order chi connectivity index (χ0) is 31.2. The molecule has 4 aromatic carbocycles. The quantitative estimate of drug-likeness (QED) is 0.101. The molecular weight excluding hydrogens is 718 g/mol. The Bertz CT molecular complexity index is 1740. The van der Waals surface area contributed by atoms with E-state index >= 15 is 0 Å². The van der Waals surface area contributed by atoms with Crippen LogP contribution >= 0.6 is 45.8 Å². The number of ether oxygens (including phenoxy) is 3. The number of imide groups is 2. The average molecular weight is 743 g/mol. The fraction of sp³-hybridized carbons (Fsp3) is 0.121. The summed E-state index contributed by atoms with van der Waals surface area (Å²) >= 11 is 14.3. The maximum atomic E-state index is 13.5. The van der Waals surface area contributed by atoms with Crippen LogP contribution in [-0.2, 0) is 22.8 Å². The first-order valence-corrected chi connectivity index (χ1v) is 15.3. The summed E-state index contributed by atoms with van der Waals surface area (Å²) < 4.78 is 18.4. The maximum Gasteiger partial charge on any atom is 0.335 e. The van der Waals surface area contributed by atoms with Crippen LogP contribution in [0.4, 0.5) is 10.5 Å². The van der Waals surface area contributed by atoms with Crippen molar-refractivity contribution in [1.29, 1.82) is 0 Å². The van der Waals surface area contributed by atoms with Crippen molar-refractivity contribution < 1.29 is 28.6 Å². The largest absolute Gasteiger partial charge is 0.490 e. The Hall–Kier alpha value is -4.06. The summed E-state index contributed by atoms with van der Waals surface area (Å²) in [5, 5.41) is 3.47. The lowest BCUT2D eigenvalue weighted by molar-refractivity contribution is -0.122. The molecule has 1 fully saturated rings. The SMILES string of the molecule is CCOc1cc(/C=C2\C(=O)NC(=O)N(c3ccc(OCc4ccc(Cl)cc4)cc3)C2=O)cc(I)c1OCc1ccccc1Cl. The molecule has 4 amide bonds. The van der Waals surface area contributed by atoms with E-state index in [0.717, 1.165) is 16.0 Å². The number of nitrogens with zero attached hydrogens (tertiary/aromatic N) is 1. The lowest BCUT2D eigenvalue weighted by Gasteiger charge is -2.26. The van der Waals surface area contributed by atoms with Crippen LogP contribution in [-0.4, -0.2) is 24.5 Å². The molecule has 5 rings (SSSR count). The zero-order valence-corrected chi connectivity index (χ0v) is 27.0. The molecule has 0 spiro atoms. The van der Waals surface area contributed by atoms with Gasteiger partial charge in [-0.15, -0.1) is 0 Å². The summed E-state index contributed by atoms with van der Waals surface area (Å²) in [7, 11) is 0. The highest BCUT2D eigenvalue weighted by molar-refractivity contribution is 14.1. The van der Waals surface area contributed by atoms with E-state index in [2.05, 4.69) is 27.9 Å². The van der Waals surface area contributed by atoms with Crippen LogP contribution in [0.15, 0.2) is 90.5 Å². The molecule has 1 heterocycles. The molecule has 0 unspecified atom stereocenters. The summed E-state index contributed by atoms with van der Waals surface area (Å²) in [4.78, 5) is 39.9. The number of hydrogen-bond donors (Lipinski definition) is 1. The van der Waals surface area contributed by atoms with E-state index in [0.29, 0.717) is 49.6 Å². The average Bonchev–Trinajstić information content (AvgIpc) is 3.00. The van der Waals surface area contributed by atoms with Crippen LogP contribution in [0.1, 0.15) is 23.6 Å². The zero-order valence-electron chi connectivity index (χ0n) is 23.3. The van der Waals surface area contributed by atoms with Crippen molar-refractivity contribution in [3.63, 3.8) is 0 Å². The smallest absolute Gasteiger partial charge is 0.335 e. The topological polar surface area (TPSA) is 94.2 Å². The highest BCUT2D eigenvalue weighted by Crippen LogP contribution is 2.36. The van der Waals surface area contributed by atoms with Gasteiger partial charge in [-0.25, -0.2) is 9.69 Å². The lowest BCUT2D eigenvalue weighted by Crippen LogP contribution is -2.54. The number of rotatable bonds is 10. The Kier molecular flexibility index (Phi) is 10.1. The van der Waals surface area contributed by atoms with E-state index in [9.17, 15) is 14.4 Å². The number of carbonyl (C=O) groups is 3. The van der Waals surface area contributed by atoms with Crippen molar-refractivity contribution >= 4 is 75.4 Å². The van der Waals surface area contributed by atoms with Gasteiger partial charge in [0.05, 0.1) is 15.9 Å². The number of hydrogen-bond acceptors (Lipinski definition) is 6. The molecule has 1 aliphatic heterocycles. The van der Waals surface area contributed by atoms with Crippen molar-refractivity contribution in [1.82, 2.24) is 5.32 Å². The van der Waals surface area contributed by atoms with Crippen LogP contribution in [0, 0.1) is 3.57 Å². The first kappa shape index (κ1) is 31.4. The first-order valence-electron chi connectivity index (χ1n) is 13.4. The molecule has 0 bridgehead atoms. The molecule has 0 saturated carbocycles. The predicted octanol–water partition coefficient (Wildman–Crippen LogP) is 7.82. The van der Waals surface area contributed by atoms with Crippen LogP contribution in [0.25, 0.3) is 6.08 Å².